The summed E-state index contributed by atoms with van der Waals surface area (Å²) in [6, 6.07) is 3.26. The van der Waals surface area contributed by atoms with Gasteiger partial charge in [0.05, 0.1) is 18.3 Å². The number of fused-ring (bicyclic) bond motifs is 1. The van der Waals surface area contributed by atoms with Crippen LogP contribution in [0.25, 0.3) is 0 Å². The lowest BCUT2D eigenvalue weighted by Crippen LogP contribution is -2.39. The van der Waals surface area contributed by atoms with Gasteiger partial charge in [-0.15, -0.1) is 0 Å². The molecule has 1 aromatic heterocycles. The lowest BCUT2D eigenvalue weighted by atomic mass is 9.99. The number of alkyl halides is 3. The highest BCUT2D eigenvalue weighted by Gasteiger charge is 2.34. The topological polar surface area (TPSA) is 29.1 Å². The molecule has 3 rings (SSSR count). The predicted octanol–water partition coefficient (Wildman–Crippen LogP) is 2.75. The Morgan fingerprint density at radius 2 is 2.09 bits per heavy atom. The Morgan fingerprint density at radius 1 is 1.32 bits per heavy atom. The molecule has 2 aromatic rings. The van der Waals surface area contributed by atoms with Crippen molar-refractivity contribution in [3.8, 4) is 0 Å². The average Bonchev–Trinajstić information content (AvgIpc) is 2.91. The number of hydrogen-bond acceptors (Lipinski definition) is 1. The molecule has 0 aliphatic carbocycles. The second kappa shape index (κ2) is 5.15. The quantitative estimate of drug-likeness (QED) is 0.688. The van der Waals surface area contributed by atoms with Crippen LogP contribution in [-0.2, 0) is 19.6 Å². The molecule has 0 saturated heterocycles. The van der Waals surface area contributed by atoms with Crippen molar-refractivity contribution in [1.82, 2.24) is 4.57 Å². The fourth-order valence-electron chi connectivity index (χ4n) is 2.65. The molecular formula is C15H15F3N3O+. The Bertz CT molecular complexity index is 721. The molecule has 4 nitrogen and oxygen atoms in total. The van der Waals surface area contributed by atoms with Gasteiger partial charge in [0.15, 0.2) is 0 Å². The molecule has 1 aromatic carbocycles. The first-order valence-corrected chi connectivity index (χ1v) is 6.91. The van der Waals surface area contributed by atoms with Crippen molar-refractivity contribution in [3.63, 3.8) is 0 Å². The van der Waals surface area contributed by atoms with Gasteiger partial charge in [0.1, 0.15) is 12.4 Å². The highest BCUT2D eigenvalue weighted by Crippen LogP contribution is 2.35. The van der Waals surface area contributed by atoms with Crippen molar-refractivity contribution in [2.75, 3.05) is 11.4 Å². The van der Waals surface area contributed by atoms with E-state index < -0.39 is 11.7 Å². The molecule has 0 bridgehead atoms. The predicted molar refractivity (Wildman–Crippen MR) is 73.5 cm³/mol. The van der Waals surface area contributed by atoms with Crippen LogP contribution in [0.5, 0.6) is 0 Å². The summed E-state index contributed by atoms with van der Waals surface area (Å²) in [5.74, 6) is 0. The fraction of sp³-hybridized carbons (Fsp3) is 0.333. The van der Waals surface area contributed by atoms with Gasteiger partial charge in [-0.3, -0.25) is 4.90 Å². The molecular weight excluding hydrogens is 295 g/mol. The van der Waals surface area contributed by atoms with Gasteiger partial charge in [0.25, 0.3) is 6.33 Å². The van der Waals surface area contributed by atoms with E-state index >= 15 is 0 Å². The van der Waals surface area contributed by atoms with E-state index in [1.165, 1.54) is 15.5 Å². The van der Waals surface area contributed by atoms with Gasteiger partial charge in [-0.1, -0.05) is 6.07 Å². The van der Waals surface area contributed by atoms with Crippen LogP contribution in [0.3, 0.4) is 0 Å². The molecule has 0 unspecified atom stereocenters. The number of aromatic nitrogens is 2. The lowest BCUT2D eigenvalue weighted by molar-refractivity contribution is -0.670. The van der Waals surface area contributed by atoms with Crippen molar-refractivity contribution >= 4 is 11.7 Å². The molecule has 0 N–H and O–H groups in total. The molecule has 1 aliphatic heterocycles. The Balaban J connectivity index is 2.01. The summed E-state index contributed by atoms with van der Waals surface area (Å²) >= 11 is 0. The van der Waals surface area contributed by atoms with Gasteiger partial charge in [-0.05, 0) is 30.5 Å². The standard InChI is InChI=1S/C15H15F3N3O/c1-19-7-8-20(10-19)14(22)21-6-2-3-11-4-5-12(9-13(11)21)15(16,17)18/h4-5,7-10H,2-3,6H2,1H3/q+1. The lowest BCUT2D eigenvalue weighted by Gasteiger charge is -2.28. The molecule has 0 fully saturated rings. The number of benzene rings is 1. The van der Waals surface area contributed by atoms with Crippen molar-refractivity contribution in [2.45, 2.75) is 19.0 Å². The van der Waals surface area contributed by atoms with Gasteiger partial charge in [0, 0.05) is 6.54 Å². The molecule has 2 heterocycles. The Hall–Kier alpha value is -2.31. The average molecular weight is 310 g/mol. The number of nitrogens with zero attached hydrogens (tertiary/aromatic N) is 3. The molecule has 0 atom stereocenters. The van der Waals surface area contributed by atoms with E-state index in [2.05, 4.69) is 0 Å². The molecule has 22 heavy (non-hydrogen) atoms. The summed E-state index contributed by atoms with van der Waals surface area (Å²) in [6.45, 7) is 0.412. The summed E-state index contributed by atoms with van der Waals surface area (Å²) in [5, 5.41) is 0. The van der Waals surface area contributed by atoms with Crippen LogP contribution in [0.2, 0.25) is 0 Å². The summed E-state index contributed by atoms with van der Waals surface area (Å²) in [6.07, 6.45) is 1.87. The number of rotatable bonds is 0. The number of hydrogen-bond donors (Lipinski definition) is 0. The minimum atomic E-state index is -4.42. The third-order valence-corrected chi connectivity index (χ3v) is 3.75. The van der Waals surface area contributed by atoms with Crippen LogP contribution in [0.4, 0.5) is 23.7 Å². The van der Waals surface area contributed by atoms with E-state index in [1.807, 2.05) is 0 Å². The molecule has 0 spiro atoms. The van der Waals surface area contributed by atoms with Gasteiger partial charge < -0.3 is 0 Å². The highest BCUT2D eigenvalue weighted by atomic mass is 19.4. The van der Waals surface area contributed by atoms with Crippen LogP contribution >= 0.6 is 0 Å². The molecule has 116 valence electrons. The Labute approximate surface area is 125 Å². The fourth-order valence-corrected chi connectivity index (χ4v) is 2.65. The number of anilines is 1. The number of carbonyl (C=O) groups excluding carboxylic acids is 1. The molecule has 1 amide bonds. The highest BCUT2D eigenvalue weighted by molar-refractivity contribution is 5.94. The summed E-state index contributed by atoms with van der Waals surface area (Å²) < 4.78 is 41.8. The zero-order valence-electron chi connectivity index (χ0n) is 12.0. The summed E-state index contributed by atoms with van der Waals surface area (Å²) in [4.78, 5) is 13.9. The molecule has 0 saturated carbocycles. The van der Waals surface area contributed by atoms with Gasteiger partial charge in [-0.2, -0.15) is 17.7 Å². The van der Waals surface area contributed by atoms with Gasteiger partial charge in [0.2, 0.25) is 0 Å². The molecule has 1 aliphatic rings. The van der Waals surface area contributed by atoms with E-state index in [-0.39, 0.29) is 6.03 Å². The smallest absolute Gasteiger partial charge is 0.274 e. The number of amides is 1. The maximum atomic E-state index is 12.9. The van der Waals surface area contributed by atoms with Crippen molar-refractivity contribution in [1.29, 1.82) is 0 Å². The normalized spacial score (nSPS) is 14.8. The monoisotopic (exact) mass is 310 g/mol. The SMILES string of the molecule is C[n+]1ccn(C(=O)N2CCCc3ccc(C(F)(F)F)cc32)c1. The van der Waals surface area contributed by atoms with E-state index in [0.29, 0.717) is 18.7 Å². The number of aryl methyl sites for hydroxylation is 2. The van der Waals surface area contributed by atoms with E-state index in [1.54, 1.807) is 30.3 Å². The second-order valence-corrected chi connectivity index (χ2v) is 5.37. The maximum Gasteiger partial charge on any atom is 0.420 e. The zero-order chi connectivity index (χ0) is 15.9. The van der Waals surface area contributed by atoms with Crippen LogP contribution in [0.1, 0.15) is 17.5 Å². The van der Waals surface area contributed by atoms with Crippen molar-refractivity contribution < 1.29 is 22.5 Å². The third kappa shape index (κ3) is 2.58. The van der Waals surface area contributed by atoms with Gasteiger partial charge >= 0.3 is 12.2 Å². The summed E-state index contributed by atoms with van der Waals surface area (Å²) in [7, 11) is 1.77. The van der Waals surface area contributed by atoms with E-state index in [0.717, 1.165) is 24.1 Å². The van der Waals surface area contributed by atoms with E-state index in [4.69, 9.17) is 0 Å². The number of halogens is 3. The minimum Gasteiger partial charge on any atom is -0.274 e. The molecule has 7 heteroatoms. The van der Waals surface area contributed by atoms with Crippen LogP contribution < -0.4 is 9.47 Å². The minimum absolute atomic E-state index is 0.346. The maximum absolute atomic E-state index is 12.9. The number of carbonyl (C=O) groups is 1. The van der Waals surface area contributed by atoms with Crippen molar-refractivity contribution in [2.24, 2.45) is 7.05 Å². The van der Waals surface area contributed by atoms with Crippen LogP contribution in [0, 0.1) is 0 Å². The first kappa shape index (κ1) is 14.6. The van der Waals surface area contributed by atoms with E-state index in [9.17, 15) is 18.0 Å². The zero-order valence-corrected chi connectivity index (χ0v) is 12.0. The molecule has 0 radical (unpaired) electrons. The van der Waals surface area contributed by atoms with Gasteiger partial charge in [-0.25, -0.2) is 9.36 Å². The Morgan fingerprint density at radius 3 is 2.73 bits per heavy atom. The largest absolute Gasteiger partial charge is 0.420 e. The summed E-state index contributed by atoms with van der Waals surface area (Å²) in [5.41, 5.74) is 0.385. The second-order valence-electron chi connectivity index (χ2n) is 5.37. The number of imidazole rings is 1. The Kier molecular flexibility index (Phi) is 3.42. The van der Waals surface area contributed by atoms with Crippen molar-refractivity contribution in [3.05, 3.63) is 48.0 Å². The van der Waals surface area contributed by atoms with Crippen LogP contribution in [-0.4, -0.2) is 17.1 Å². The first-order chi connectivity index (χ1) is 10.4. The first-order valence-electron chi connectivity index (χ1n) is 6.91. The third-order valence-electron chi connectivity index (χ3n) is 3.75. The van der Waals surface area contributed by atoms with Crippen LogP contribution in [0.15, 0.2) is 36.9 Å².